The number of carbonyl (C=O) groups is 1. The minimum atomic E-state index is 0.352. The Morgan fingerprint density at radius 2 is 0.667 bits per heavy atom. The maximum atomic E-state index is 13.2. The highest BCUT2D eigenvalue weighted by molar-refractivity contribution is 5.78. The van der Waals surface area contributed by atoms with Gasteiger partial charge in [-0.05, 0) is 78.3 Å². The fourth-order valence-corrected chi connectivity index (χ4v) is 9.21. The van der Waals surface area contributed by atoms with Crippen LogP contribution >= 0.6 is 0 Å². The molecule has 1 N–H and O–H groups in total. The third kappa shape index (κ3) is 48.1. The third-order valence-electron chi connectivity index (χ3n) is 13.9. The van der Waals surface area contributed by atoms with Gasteiger partial charge < -0.3 is 19.8 Å². The monoisotopic (exact) mass is 934 g/mol. The lowest BCUT2D eigenvalue weighted by molar-refractivity contribution is -0.134. The van der Waals surface area contributed by atoms with Crippen molar-refractivity contribution in [1.82, 2.24) is 24.5 Å². The Kier molecular flexibility index (Phi) is 57.5. The predicted octanol–water partition coefficient (Wildman–Crippen LogP) is 15.6. The van der Waals surface area contributed by atoms with Gasteiger partial charge in [-0.2, -0.15) is 0 Å². The number of aliphatic hydroxyl groups excluding tert-OH is 1. The molecule has 0 aromatic carbocycles. The average molecular weight is 935 g/mol. The van der Waals surface area contributed by atoms with E-state index in [1.807, 2.05) is 0 Å². The Labute approximate surface area is 416 Å². The molecule has 1 amide bonds. The molecule has 396 valence electrons. The average Bonchev–Trinajstić information content (AvgIpc) is 3.33. The second-order valence-electron chi connectivity index (χ2n) is 20.2. The molecule has 66 heavy (non-hydrogen) atoms. The summed E-state index contributed by atoms with van der Waals surface area (Å²) in [6, 6.07) is 0. The van der Waals surface area contributed by atoms with Gasteiger partial charge in [0.2, 0.25) is 5.91 Å². The smallest absolute Gasteiger partial charge is 0.236 e. The van der Waals surface area contributed by atoms with Gasteiger partial charge >= 0.3 is 0 Å². The van der Waals surface area contributed by atoms with Crippen LogP contribution in [-0.4, -0.2) is 135 Å². The van der Waals surface area contributed by atoms with E-state index in [0.29, 0.717) is 12.5 Å². The number of hydrogen-bond donors (Lipinski definition) is 1. The van der Waals surface area contributed by atoms with Crippen LogP contribution < -0.4 is 0 Å². The maximum Gasteiger partial charge on any atom is 0.236 e. The molecular formula is C59H123N5O2. The zero-order valence-corrected chi connectivity index (χ0v) is 46.7. The summed E-state index contributed by atoms with van der Waals surface area (Å²) in [6.07, 6.45) is 52.9. The number of rotatable bonds is 47. The summed E-state index contributed by atoms with van der Waals surface area (Å²) in [5.41, 5.74) is 0. The predicted molar refractivity (Wildman–Crippen MR) is 296 cm³/mol. The third-order valence-corrected chi connectivity index (χ3v) is 13.9. The number of hydrogen-bond acceptors (Lipinski definition) is 6. The Hall–Kier alpha value is -0.990. The lowest BCUT2D eigenvalue weighted by Crippen LogP contribution is -2.50. The van der Waals surface area contributed by atoms with Crippen molar-refractivity contribution in [3.05, 3.63) is 12.2 Å². The van der Waals surface area contributed by atoms with Crippen LogP contribution in [0.15, 0.2) is 12.2 Å². The summed E-state index contributed by atoms with van der Waals surface area (Å²) in [5, 5.41) is 7.00. The molecule has 0 aliphatic carbocycles. The van der Waals surface area contributed by atoms with E-state index in [4.69, 9.17) is 5.11 Å². The number of amides is 1. The lowest BCUT2D eigenvalue weighted by atomic mass is 10.1. The van der Waals surface area contributed by atoms with E-state index in [-0.39, 0.29) is 0 Å². The summed E-state index contributed by atoms with van der Waals surface area (Å²) in [6.45, 7) is 27.6. The van der Waals surface area contributed by atoms with Gasteiger partial charge in [-0.3, -0.25) is 14.6 Å². The quantitative estimate of drug-likeness (QED) is 0.0485. The summed E-state index contributed by atoms with van der Waals surface area (Å²) < 4.78 is 0. The largest absolute Gasteiger partial charge is 0.400 e. The highest BCUT2D eigenvalue weighted by Crippen LogP contribution is 2.14. The van der Waals surface area contributed by atoms with Crippen LogP contribution in [0.25, 0.3) is 0 Å². The van der Waals surface area contributed by atoms with Gasteiger partial charge in [0.15, 0.2) is 0 Å². The topological polar surface area (TPSA) is 53.5 Å². The lowest BCUT2D eigenvalue weighted by Gasteiger charge is -2.34. The molecule has 0 aromatic heterocycles. The number of likely N-dealkylation sites (N-methyl/N-ethyl adjacent to an activating group) is 1. The van der Waals surface area contributed by atoms with Crippen molar-refractivity contribution in [2.75, 3.05) is 99.2 Å². The fraction of sp³-hybridized carbons (Fsp3) is 0.949. The first kappa shape index (κ1) is 67.1. The van der Waals surface area contributed by atoms with Gasteiger partial charge in [0.1, 0.15) is 0 Å². The van der Waals surface area contributed by atoms with Gasteiger partial charge in [0.25, 0.3) is 0 Å². The molecule has 0 aromatic rings. The van der Waals surface area contributed by atoms with Crippen molar-refractivity contribution in [3.63, 3.8) is 0 Å². The number of carbonyl (C=O) groups excluding carboxylic acids is 1. The summed E-state index contributed by atoms with van der Waals surface area (Å²) in [7, 11) is 3.16. The molecule has 0 spiro atoms. The van der Waals surface area contributed by atoms with E-state index in [1.165, 1.54) is 257 Å². The van der Waals surface area contributed by atoms with Gasteiger partial charge in [0, 0.05) is 52.9 Å². The van der Waals surface area contributed by atoms with Crippen molar-refractivity contribution in [3.8, 4) is 0 Å². The van der Waals surface area contributed by atoms with Crippen LogP contribution in [-0.2, 0) is 4.79 Å². The molecule has 1 heterocycles. The van der Waals surface area contributed by atoms with E-state index >= 15 is 0 Å². The highest BCUT2D eigenvalue weighted by Gasteiger charge is 2.21. The first-order valence-electron chi connectivity index (χ1n) is 29.7. The molecule has 1 fully saturated rings. The molecule has 7 heteroatoms. The Morgan fingerprint density at radius 3 is 1.00 bits per heavy atom. The Bertz CT molecular complexity index is 923. The van der Waals surface area contributed by atoms with Crippen LogP contribution in [0.3, 0.4) is 0 Å². The maximum absolute atomic E-state index is 13.2. The molecular weight excluding hydrogens is 811 g/mol. The first-order chi connectivity index (χ1) is 32.4. The highest BCUT2D eigenvalue weighted by atomic mass is 16.2. The number of allylic oxidation sites excluding steroid dienone is 1. The molecule has 0 bridgehead atoms. The molecule has 1 saturated heterocycles. The summed E-state index contributed by atoms with van der Waals surface area (Å²) in [4.78, 5) is 25.6. The molecule has 1 aliphatic heterocycles. The Morgan fingerprint density at radius 1 is 0.379 bits per heavy atom. The van der Waals surface area contributed by atoms with E-state index in [0.717, 1.165) is 52.9 Å². The molecule has 0 atom stereocenters. The zero-order valence-electron chi connectivity index (χ0n) is 46.7. The van der Waals surface area contributed by atoms with Crippen molar-refractivity contribution in [2.45, 2.75) is 266 Å². The number of piperazine rings is 1. The second kappa shape index (κ2) is 56.6. The van der Waals surface area contributed by atoms with E-state index < -0.39 is 0 Å². The van der Waals surface area contributed by atoms with Gasteiger partial charge in [0.05, 0.1) is 6.54 Å². The van der Waals surface area contributed by atoms with E-state index in [1.54, 1.807) is 0 Å². The van der Waals surface area contributed by atoms with Crippen molar-refractivity contribution < 1.29 is 9.90 Å². The van der Waals surface area contributed by atoms with Gasteiger partial charge in [-0.25, -0.2) is 0 Å². The zero-order chi connectivity index (χ0) is 48.8. The van der Waals surface area contributed by atoms with Crippen LogP contribution in [0.4, 0.5) is 0 Å². The van der Waals surface area contributed by atoms with Crippen molar-refractivity contribution in [1.29, 1.82) is 0 Å². The summed E-state index contributed by atoms with van der Waals surface area (Å²) in [5.74, 6) is 0.352. The van der Waals surface area contributed by atoms with Gasteiger partial charge in [-0.1, -0.05) is 240 Å². The molecule has 1 rings (SSSR count). The molecule has 1 aliphatic rings. The van der Waals surface area contributed by atoms with Gasteiger partial charge in [-0.15, -0.1) is 0 Å². The van der Waals surface area contributed by atoms with Crippen molar-refractivity contribution >= 4 is 5.91 Å². The van der Waals surface area contributed by atoms with Crippen LogP contribution in [0.2, 0.25) is 0 Å². The number of nitrogens with zero attached hydrogens (tertiary/aromatic N) is 5. The number of unbranched alkanes of at least 4 members (excludes halogenated alkanes) is 29. The van der Waals surface area contributed by atoms with Crippen molar-refractivity contribution in [2.24, 2.45) is 0 Å². The number of aliphatic hydroxyl groups is 1. The molecule has 7 nitrogen and oxygen atoms in total. The Balaban J connectivity index is 0. The van der Waals surface area contributed by atoms with E-state index in [2.05, 4.69) is 85.2 Å². The minimum Gasteiger partial charge on any atom is -0.400 e. The molecule has 0 saturated carbocycles. The molecule has 0 radical (unpaired) electrons. The summed E-state index contributed by atoms with van der Waals surface area (Å²) >= 11 is 0. The van der Waals surface area contributed by atoms with E-state index in [9.17, 15) is 4.79 Å². The SMILES string of the molecule is CC/C=C/CN(CCCCCCCCC)CCCCCCCCC.CCCCCCCCCN(CCCCCCCC)CCN(CCCCCCCCC)CC(=O)N1CCN(C)CC1.CO. The minimum absolute atomic E-state index is 0.352. The second-order valence-corrected chi connectivity index (χ2v) is 20.2. The molecule has 0 unspecified atom stereocenters. The first-order valence-corrected chi connectivity index (χ1v) is 29.7. The van der Waals surface area contributed by atoms with Crippen LogP contribution in [0.5, 0.6) is 0 Å². The van der Waals surface area contributed by atoms with Crippen LogP contribution in [0.1, 0.15) is 266 Å². The van der Waals surface area contributed by atoms with Crippen LogP contribution in [0, 0.1) is 0 Å². The fourth-order valence-electron chi connectivity index (χ4n) is 9.21. The standard InChI is InChI=1S/C35H72N4O.C23H47N.CH4O/c1-5-8-11-14-17-20-23-26-37(25-22-19-16-13-10-7-3)30-31-38(27-24-21-18-15-12-9-6-2)34-35(40)39-32-28-36(4)29-33-39;1-4-7-10-12-14-16-19-22-24(21-18-9-6-3)23-20-17-15-13-11-8-5-2;1-2/h5-34H2,1-4H3;9,18H,4-8,10-17,19-23H2,1-3H3;2H,1H3/b;18-9+;. The normalized spacial score (nSPS) is 13.2.